The van der Waals surface area contributed by atoms with E-state index >= 15 is 0 Å². The number of halogens is 2. The monoisotopic (exact) mass is 375 g/mol. The van der Waals surface area contributed by atoms with Gasteiger partial charge >= 0.3 is 0 Å². The fourth-order valence-corrected chi connectivity index (χ4v) is 3.27. The summed E-state index contributed by atoms with van der Waals surface area (Å²) in [6.07, 6.45) is 0.422. The van der Waals surface area contributed by atoms with Crippen LogP contribution in [0.4, 0.5) is 10.1 Å². The third-order valence-electron chi connectivity index (χ3n) is 4.63. The van der Waals surface area contributed by atoms with Crippen LogP contribution in [-0.2, 0) is 11.3 Å². The number of nitrogens with zero attached hydrogens (tertiary/aromatic N) is 2. The van der Waals surface area contributed by atoms with Gasteiger partial charge in [-0.15, -0.1) is 0 Å². The number of rotatable bonds is 6. The van der Waals surface area contributed by atoms with E-state index in [0.29, 0.717) is 18.5 Å². The van der Waals surface area contributed by atoms with Crippen molar-refractivity contribution in [2.45, 2.75) is 13.0 Å². The van der Waals surface area contributed by atoms with Gasteiger partial charge in [0, 0.05) is 62.0 Å². The minimum Gasteiger partial charge on any atom is -0.369 e. The molecule has 138 valence electrons. The lowest BCUT2D eigenvalue weighted by atomic mass is 10.2. The van der Waals surface area contributed by atoms with Crippen molar-refractivity contribution in [1.29, 1.82) is 0 Å². The molecule has 1 heterocycles. The summed E-state index contributed by atoms with van der Waals surface area (Å²) < 4.78 is 13.5. The third kappa shape index (κ3) is 5.19. The first-order valence-corrected chi connectivity index (χ1v) is 9.22. The van der Waals surface area contributed by atoms with Crippen molar-refractivity contribution < 1.29 is 9.18 Å². The minimum atomic E-state index is -0.287. The van der Waals surface area contributed by atoms with Crippen LogP contribution in [0, 0.1) is 5.82 Å². The number of hydrogen-bond donors (Lipinski definition) is 1. The molecule has 1 amide bonds. The van der Waals surface area contributed by atoms with Gasteiger partial charge in [0.1, 0.15) is 5.82 Å². The van der Waals surface area contributed by atoms with Crippen molar-refractivity contribution in [2.75, 3.05) is 37.6 Å². The van der Waals surface area contributed by atoms with Crippen LogP contribution >= 0.6 is 11.6 Å². The van der Waals surface area contributed by atoms with Gasteiger partial charge in [0.15, 0.2) is 0 Å². The summed E-state index contributed by atoms with van der Waals surface area (Å²) in [7, 11) is 0. The van der Waals surface area contributed by atoms with E-state index in [0.717, 1.165) is 36.9 Å². The summed E-state index contributed by atoms with van der Waals surface area (Å²) in [5.74, 6) is -0.338. The Hall–Kier alpha value is -2.11. The molecule has 0 aliphatic carbocycles. The SMILES string of the molecule is O=C(CCN1CCN(c2cccc(Cl)c2)CC1)NCc1ccccc1F. The van der Waals surface area contributed by atoms with Crippen LogP contribution in [0.25, 0.3) is 0 Å². The van der Waals surface area contributed by atoms with Crippen LogP contribution in [0.15, 0.2) is 48.5 Å². The van der Waals surface area contributed by atoms with E-state index in [1.165, 1.54) is 6.07 Å². The topological polar surface area (TPSA) is 35.6 Å². The Morgan fingerprint density at radius 1 is 1.08 bits per heavy atom. The maximum Gasteiger partial charge on any atom is 0.221 e. The number of carbonyl (C=O) groups excluding carboxylic acids is 1. The fraction of sp³-hybridized carbons (Fsp3) is 0.350. The predicted octanol–water partition coefficient (Wildman–Crippen LogP) is 3.31. The van der Waals surface area contributed by atoms with Crippen molar-refractivity contribution in [3.05, 3.63) is 64.9 Å². The first kappa shape index (κ1) is 18.7. The summed E-state index contributed by atoms with van der Waals surface area (Å²) in [4.78, 5) is 16.6. The highest BCUT2D eigenvalue weighted by atomic mass is 35.5. The molecule has 3 rings (SSSR count). The molecule has 0 radical (unpaired) electrons. The van der Waals surface area contributed by atoms with Crippen LogP contribution in [0.2, 0.25) is 5.02 Å². The zero-order valence-corrected chi connectivity index (χ0v) is 15.4. The zero-order valence-electron chi connectivity index (χ0n) is 14.6. The number of piperazine rings is 1. The van der Waals surface area contributed by atoms with Gasteiger partial charge in [-0.05, 0) is 24.3 Å². The van der Waals surface area contributed by atoms with Gasteiger partial charge in [-0.1, -0.05) is 35.9 Å². The molecule has 2 aromatic rings. The lowest BCUT2D eigenvalue weighted by Gasteiger charge is -2.36. The molecule has 4 nitrogen and oxygen atoms in total. The standard InChI is InChI=1S/C20H23ClFN3O/c21-17-5-3-6-18(14-17)25-12-10-24(11-13-25)9-8-20(26)23-15-16-4-1-2-7-19(16)22/h1-7,14H,8-13,15H2,(H,23,26). The number of amides is 1. The molecule has 1 aliphatic heterocycles. The maximum atomic E-state index is 13.5. The Labute approximate surface area is 158 Å². The molecule has 0 saturated carbocycles. The summed E-state index contributed by atoms with van der Waals surface area (Å²) in [5, 5.41) is 3.54. The molecule has 26 heavy (non-hydrogen) atoms. The molecule has 6 heteroatoms. The second-order valence-electron chi connectivity index (χ2n) is 6.43. The molecule has 1 aliphatic rings. The average Bonchev–Trinajstić information content (AvgIpc) is 2.66. The molecule has 0 bridgehead atoms. The quantitative estimate of drug-likeness (QED) is 0.841. The Morgan fingerprint density at radius 2 is 1.85 bits per heavy atom. The summed E-state index contributed by atoms with van der Waals surface area (Å²) in [6.45, 7) is 4.59. The third-order valence-corrected chi connectivity index (χ3v) is 4.87. The van der Waals surface area contributed by atoms with Crippen LogP contribution in [0.5, 0.6) is 0 Å². The van der Waals surface area contributed by atoms with Gasteiger partial charge in [0.2, 0.25) is 5.91 Å². The van der Waals surface area contributed by atoms with Crippen LogP contribution in [-0.4, -0.2) is 43.5 Å². The maximum absolute atomic E-state index is 13.5. The summed E-state index contributed by atoms with van der Waals surface area (Å²) in [6, 6.07) is 14.4. The van der Waals surface area contributed by atoms with Gasteiger partial charge in [0.25, 0.3) is 0 Å². The lowest BCUT2D eigenvalue weighted by Crippen LogP contribution is -2.47. The van der Waals surface area contributed by atoms with Crippen LogP contribution in [0.3, 0.4) is 0 Å². The Kier molecular flexibility index (Phi) is 6.47. The molecule has 1 N–H and O–H groups in total. The van der Waals surface area contributed by atoms with E-state index < -0.39 is 0 Å². The second-order valence-corrected chi connectivity index (χ2v) is 6.86. The predicted molar refractivity (Wildman–Crippen MR) is 103 cm³/mol. The number of nitrogens with one attached hydrogen (secondary N) is 1. The molecule has 0 aromatic heterocycles. The number of anilines is 1. The van der Waals surface area contributed by atoms with Crippen molar-refractivity contribution in [3.8, 4) is 0 Å². The number of benzene rings is 2. The minimum absolute atomic E-state index is 0.0504. The Balaban J connectivity index is 1.38. The van der Waals surface area contributed by atoms with E-state index in [9.17, 15) is 9.18 Å². The zero-order chi connectivity index (χ0) is 18.4. The Morgan fingerprint density at radius 3 is 2.58 bits per heavy atom. The number of carbonyl (C=O) groups is 1. The van der Waals surface area contributed by atoms with E-state index in [1.54, 1.807) is 18.2 Å². The first-order valence-electron chi connectivity index (χ1n) is 8.85. The van der Waals surface area contributed by atoms with Gasteiger partial charge < -0.3 is 10.2 Å². The molecular formula is C20H23ClFN3O. The van der Waals surface area contributed by atoms with Gasteiger partial charge in [0.05, 0.1) is 0 Å². The highest BCUT2D eigenvalue weighted by Gasteiger charge is 2.18. The molecule has 0 spiro atoms. The van der Waals surface area contributed by atoms with Crippen molar-refractivity contribution in [2.24, 2.45) is 0 Å². The van der Waals surface area contributed by atoms with Crippen molar-refractivity contribution >= 4 is 23.2 Å². The number of hydrogen-bond acceptors (Lipinski definition) is 3. The summed E-state index contributed by atoms with van der Waals surface area (Å²) >= 11 is 6.06. The normalized spacial score (nSPS) is 15.1. The molecule has 1 saturated heterocycles. The molecule has 0 atom stereocenters. The average molecular weight is 376 g/mol. The summed E-state index contributed by atoms with van der Waals surface area (Å²) in [5.41, 5.74) is 1.65. The largest absolute Gasteiger partial charge is 0.369 e. The van der Waals surface area contributed by atoms with E-state index in [1.807, 2.05) is 18.2 Å². The van der Waals surface area contributed by atoms with Crippen LogP contribution in [0.1, 0.15) is 12.0 Å². The van der Waals surface area contributed by atoms with Gasteiger partial charge in [-0.2, -0.15) is 0 Å². The smallest absolute Gasteiger partial charge is 0.221 e. The van der Waals surface area contributed by atoms with Gasteiger partial charge in [-0.25, -0.2) is 4.39 Å². The van der Waals surface area contributed by atoms with E-state index in [-0.39, 0.29) is 18.3 Å². The van der Waals surface area contributed by atoms with Crippen molar-refractivity contribution in [1.82, 2.24) is 10.2 Å². The highest BCUT2D eigenvalue weighted by molar-refractivity contribution is 6.30. The second kappa shape index (κ2) is 9.01. The molecule has 2 aromatic carbocycles. The lowest BCUT2D eigenvalue weighted by molar-refractivity contribution is -0.121. The Bertz CT molecular complexity index is 747. The van der Waals surface area contributed by atoms with E-state index in [2.05, 4.69) is 21.2 Å². The molecule has 0 unspecified atom stereocenters. The van der Waals surface area contributed by atoms with Crippen molar-refractivity contribution in [3.63, 3.8) is 0 Å². The fourth-order valence-electron chi connectivity index (χ4n) is 3.09. The highest BCUT2D eigenvalue weighted by Crippen LogP contribution is 2.20. The first-order chi connectivity index (χ1) is 12.6. The van der Waals surface area contributed by atoms with E-state index in [4.69, 9.17) is 11.6 Å². The van der Waals surface area contributed by atoms with Gasteiger partial charge in [-0.3, -0.25) is 9.69 Å². The van der Waals surface area contributed by atoms with Crippen LogP contribution < -0.4 is 10.2 Å². The molecule has 1 fully saturated rings. The molecular weight excluding hydrogens is 353 g/mol.